The molecule has 0 heterocycles. The van der Waals surface area contributed by atoms with Crippen molar-refractivity contribution in [3.05, 3.63) is 28.2 Å². The summed E-state index contributed by atoms with van der Waals surface area (Å²) < 4.78 is 43.7. The summed E-state index contributed by atoms with van der Waals surface area (Å²) in [6.07, 6.45) is -3.28. The molecule has 1 N–H and O–H groups in total. The van der Waals surface area contributed by atoms with E-state index in [-0.39, 0.29) is 11.9 Å². The summed E-state index contributed by atoms with van der Waals surface area (Å²) in [5.74, 6) is 0.170. The quantitative estimate of drug-likeness (QED) is 0.897. The van der Waals surface area contributed by atoms with Crippen LogP contribution in [0.2, 0.25) is 0 Å². The number of ether oxygens (including phenoxy) is 1. The zero-order chi connectivity index (χ0) is 13.3. The van der Waals surface area contributed by atoms with Gasteiger partial charge in [-0.2, -0.15) is 13.2 Å². The zero-order valence-electron chi connectivity index (χ0n) is 9.38. The standard InChI is InChI=1S/C12H12BrF3O2/c13-10-4-1-7(12(14,15)16)5-11(10)18-9-3-2-8(17)6-9/h1,4-5,8-9,17H,2-3,6H2. The highest BCUT2D eigenvalue weighted by Gasteiger charge is 2.32. The second-order valence-corrected chi connectivity index (χ2v) is 5.20. The fraction of sp³-hybridized carbons (Fsp3) is 0.500. The van der Waals surface area contributed by atoms with Gasteiger partial charge in [0.25, 0.3) is 0 Å². The lowest BCUT2D eigenvalue weighted by atomic mass is 10.2. The van der Waals surface area contributed by atoms with Crippen LogP contribution in [-0.2, 0) is 6.18 Å². The van der Waals surface area contributed by atoms with Crippen molar-refractivity contribution in [1.82, 2.24) is 0 Å². The van der Waals surface area contributed by atoms with Crippen LogP contribution < -0.4 is 4.74 Å². The molecule has 2 nitrogen and oxygen atoms in total. The molecule has 0 aromatic heterocycles. The van der Waals surface area contributed by atoms with Crippen LogP contribution in [0.4, 0.5) is 13.2 Å². The first kappa shape index (κ1) is 13.7. The number of aliphatic hydroxyl groups excluding tert-OH is 1. The molecule has 0 amide bonds. The molecule has 2 unspecified atom stereocenters. The Hall–Kier alpha value is -0.750. The minimum atomic E-state index is -4.38. The first-order valence-corrected chi connectivity index (χ1v) is 6.37. The summed E-state index contributed by atoms with van der Waals surface area (Å²) in [4.78, 5) is 0. The number of rotatable bonds is 2. The van der Waals surface area contributed by atoms with Gasteiger partial charge in [-0.05, 0) is 47.0 Å². The van der Waals surface area contributed by atoms with Crippen molar-refractivity contribution >= 4 is 15.9 Å². The summed E-state index contributed by atoms with van der Waals surface area (Å²) >= 11 is 3.16. The molecule has 0 spiro atoms. The molecular formula is C12H12BrF3O2. The normalized spacial score (nSPS) is 24.3. The van der Waals surface area contributed by atoms with Gasteiger partial charge < -0.3 is 9.84 Å². The third-order valence-electron chi connectivity index (χ3n) is 2.91. The lowest BCUT2D eigenvalue weighted by Gasteiger charge is -2.16. The molecule has 1 fully saturated rings. The summed E-state index contributed by atoms with van der Waals surface area (Å²) in [5.41, 5.74) is -0.737. The van der Waals surface area contributed by atoms with E-state index in [4.69, 9.17) is 4.74 Å². The molecule has 1 aromatic carbocycles. The van der Waals surface area contributed by atoms with Gasteiger partial charge in [0.05, 0.1) is 16.1 Å². The fourth-order valence-electron chi connectivity index (χ4n) is 1.97. The minimum absolute atomic E-state index is 0.170. The van der Waals surface area contributed by atoms with E-state index in [2.05, 4.69) is 15.9 Å². The highest BCUT2D eigenvalue weighted by Crippen LogP contribution is 2.36. The van der Waals surface area contributed by atoms with E-state index in [0.717, 1.165) is 12.1 Å². The lowest BCUT2D eigenvalue weighted by Crippen LogP contribution is -2.14. The van der Waals surface area contributed by atoms with E-state index in [9.17, 15) is 18.3 Å². The van der Waals surface area contributed by atoms with Gasteiger partial charge in [0.15, 0.2) is 0 Å². The van der Waals surface area contributed by atoms with E-state index >= 15 is 0 Å². The van der Waals surface area contributed by atoms with Gasteiger partial charge >= 0.3 is 6.18 Å². The molecule has 1 aromatic rings. The molecule has 0 saturated heterocycles. The van der Waals surface area contributed by atoms with Gasteiger partial charge in [-0.25, -0.2) is 0 Å². The van der Waals surface area contributed by atoms with Crippen LogP contribution in [0.1, 0.15) is 24.8 Å². The van der Waals surface area contributed by atoms with Crippen molar-refractivity contribution in [3.8, 4) is 5.75 Å². The van der Waals surface area contributed by atoms with Gasteiger partial charge in [-0.1, -0.05) is 0 Å². The Bertz CT molecular complexity index is 434. The number of alkyl halides is 3. The fourth-order valence-corrected chi connectivity index (χ4v) is 2.31. The Morgan fingerprint density at radius 3 is 2.56 bits per heavy atom. The van der Waals surface area contributed by atoms with Gasteiger partial charge in [-0.15, -0.1) is 0 Å². The number of benzene rings is 1. The van der Waals surface area contributed by atoms with Crippen molar-refractivity contribution in [2.45, 2.75) is 37.6 Å². The third kappa shape index (κ3) is 3.17. The Morgan fingerprint density at radius 1 is 1.28 bits per heavy atom. The Labute approximate surface area is 111 Å². The van der Waals surface area contributed by atoms with Crippen LogP contribution >= 0.6 is 15.9 Å². The highest BCUT2D eigenvalue weighted by molar-refractivity contribution is 9.10. The summed E-state index contributed by atoms with van der Waals surface area (Å²) in [6.45, 7) is 0. The number of hydrogen-bond donors (Lipinski definition) is 1. The highest BCUT2D eigenvalue weighted by atomic mass is 79.9. The van der Waals surface area contributed by atoms with Gasteiger partial charge in [0.2, 0.25) is 0 Å². The summed E-state index contributed by atoms with van der Waals surface area (Å²) in [5, 5.41) is 9.36. The Morgan fingerprint density at radius 2 is 2.00 bits per heavy atom. The average Bonchev–Trinajstić information content (AvgIpc) is 2.66. The van der Waals surface area contributed by atoms with Crippen LogP contribution in [0.25, 0.3) is 0 Å². The Balaban J connectivity index is 2.16. The first-order valence-electron chi connectivity index (χ1n) is 5.57. The molecule has 1 aliphatic carbocycles. The van der Waals surface area contributed by atoms with Crippen molar-refractivity contribution in [3.63, 3.8) is 0 Å². The molecule has 100 valence electrons. The van der Waals surface area contributed by atoms with Crippen LogP contribution in [0.5, 0.6) is 5.75 Å². The van der Waals surface area contributed by atoms with E-state index in [1.165, 1.54) is 6.07 Å². The number of halogens is 4. The van der Waals surface area contributed by atoms with Crippen molar-refractivity contribution < 1.29 is 23.0 Å². The lowest BCUT2D eigenvalue weighted by molar-refractivity contribution is -0.137. The molecule has 2 rings (SSSR count). The largest absolute Gasteiger partial charge is 0.489 e. The van der Waals surface area contributed by atoms with E-state index in [1.54, 1.807) is 0 Å². The van der Waals surface area contributed by atoms with Gasteiger partial charge in [0.1, 0.15) is 11.9 Å². The first-order chi connectivity index (χ1) is 8.36. The summed E-state index contributed by atoms with van der Waals surface area (Å²) in [6, 6.07) is 3.30. The molecule has 1 saturated carbocycles. The Kier molecular flexibility index (Phi) is 3.87. The zero-order valence-corrected chi connectivity index (χ0v) is 11.0. The molecule has 18 heavy (non-hydrogen) atoms. The van der Waals surface area contributed by atoms with Crippen molar-refractivity contribution in [1.29, 1.82) is 0 Å². The van der Waals surface area contributed by atoms with Crippen molar-refractivity contribution in [2.75, 3.05) is 0 Å². The molecule has 1 aliphatic rings. The third-order valence-corrected chi connectivity index (χ3v) is 3.56. The smallest absolute Gasteiger partial charge is 0.416 e. The van der Waals surface area contributed by atoms with E-state index < -0.39 is 17.8 Å². The molecule has 6 heteroatoms. The van der Waals surface area contributed by atoms with Gasteiger partial charge in [0, 0.05) is 6.42 Å². The molecule has 0 radical (unpaired) electrons. The molecular weight excluding hydrogens is 313 g/mol. The summed E-state index contributed by atoms with van der Waals surface area (Å²) in [7, 11) is 0. The second kappa shape index (κ2) is 5.09. The SMILES string of the molecule is OC1CCC(Oc2cc(C(F)(F)F)ccc2Br)C1. The number of aliphatic hydroxyl groups is 1. The number of hydrogen-bond acceptors (Lipinski definition) is 2. The van der Waals surface area contributed by atoms with Crippen LogP contribution in [0.3, 0.4) is 0 Å². The predicted octanol–water partition coefficient (Wildman–Crippen LogP) is 3.76. The van der Waals surface area contributed by atoms with Crippen molar-refractivity contribution in [2.24, 2.45) is 0 Å². The molecule has 0 aliphatic heterocycles. The minimum Gasteiger partial charge on any atom is -0.489 e. The topological polar surface area (TPSA) is 29.5 Å². The molecule has 2 atom stereocenters. The van der Waals surface area contributed by atoms with Crippen LogP contribution in [-0.4, -0.2) is 17.3 Å². The van der Waals surface area contributed by atoms with E-state index in [0.29, 0.717) is 23.7 Å². The van der Waals surface area contributed by atoms with E-state index in [1.807, 2.05) is 0 Å². The van der Waals surface area contributed by atoms with Crippen LogP contribution in [0.15, 0.2) is 22.7 Å². The predicted molar refractivity (Wildman–Crippen MR) is 63.4 cm³/mol. The maximum atomic E-state index is 12.6. The monoisotopic (exact) mass is 324 g/mol. The maximum Gasteiger partial charge on any atom is 0.416 e. The maximum absolute atomic E-state index is 12.6. The van der Waals surface area contributed by atoms with Crippen LogP contribution in [0, 0.1) is 0 Å². The molecule has 0 bridgehead atoms. The average molecular weight is 325 g/mol. The van der Waals surface area contributed by atoms with Gasteiger partial charge in [-0.3, -0.25) is 0 Å². The second-order valence-electron chi connectivity index (χ2n) is 4.35.